The lowest BCUT2D eigenvalue weighted by Crippen LogP contribution is -2.08. The maximum Gasteiger partial charge on any atom is 0.419 e. The minimum Gasteiger partial charge on any atom is -0.494 e. The van der Waals surface area contributed by atoms with Crippen LogP contribution in [0.2, 0.25) is 0 Å². The van der Waals surface area contributed by atoms with E-state index >= 15 is 0 Å². The number of rotatable bonds is 3. The number of H-pyrrole nitrogens is 2. The molecule has 0 radical (unpaired) electrons. The SMILES string of the molecule is COc1cc(-c2nn[nH]n2)ccc1F.Fc1ccc(-c2nn[nH]n2)cc1C(F)(F)F. The average molecular weight is 426 g/mol. The van der Waals surface area contributed by atoms with Crippen LogP contribution in [0.3, 0.4) is 0 Å². The van der Waals surface area contributed by atoms with Gasteiger partial charge in [-0.15, -0.1) is 20.4 Å². The maximum atomic E-state index is 13.0. The molecule has 0 amide bonds. The molecule has 2 heterocycles. The predicted molar refractivity (Wildman–Crippen MR) is 90.7 cm³/mol. The van der Waals surface area contributed by atoms with E-state index in [-0.39, 0.29) is 17.1 Å². The highest BCUT2D eigenvalue weighted by Gasteiger charge is 2.34. The third-order valence-electron chi connectivity index (χ3n) is 3.63. The number of methoxy groups -OCH3 is 1. The summed E-state index contributed by atoms with van der Waals surface area (Å²) in [5, 5.41) is 25.6. The highest BCUT2D eigenvalue weighted by molar-refractivity contribution is 5.57. The van der Waals surface area contributed by atoms with Crippen molar-refractivity contribution in [3.8, 4) is 28.5 Å². The summed E-state index contributed by atoms with van der Waals surface area (Å²) >= 11 is 0. The Morgan fingerprint density at radius 3 is 1.80 bits per heavy atom. The number of nitrogens with one attached hydrogen (secondary N) is 2. The average Bonchev–Trinajstić information content (AvgIpc) is 3.43. The molecule has 0 aliphatic carbocycles. The molecule has 2 aromatic heterocycles. The molecular formula is C16H11F5N8O. The zero-order chi connectivity index (χ0) is 21.7. The fourth-order valence-corrected chi connectivity index (χ4v) is 2.25. The largest absolute Gasteiger partial charge is 0.494 e. The third-order valence-corrected chi connectivity index (χ3v) is 3.63. The third kappa shape index (κ3) is 4.71. The van der Waals surface area contributed by atoms with Crippen LogP contribution in [-0.2, 0) is 6.18 Å². The van der Waals surface area contributed by atoms with E-state index in [0.29, 0.717) is 23.5 Å². The lowest BCUT2D eigenvalue weighted by molar-refractivity contribution is -0.139. The van der Waals surface area contributed by atoms with Crippen LogP contribution in [0.15, 0.2) is 36.4 Å². The first-order valence-corrected chi connectivity index (χ1v) is 7.97. The Kier molecular flexibility index (Phi) is 5.94. The van der Waals surface area contributed by atoms with Gasteiger partial charge in [0.15, 0.2) is 11.6 Å². The Labute approximate surface area is 164 Å². The summed E-state index contributed by atoms with van der Waals surface area (Å²) in [7, 11) is 1.40. The summed E-state index contributed by atoms with van der Waals surface area (Å²) in [5.74, 6) is -1.21. The van der Waals surface area contributed by atoms with Crippen molar-refractivity contribution in [3.05, 3.63) is 53.6 Å². The Hall–Kier alpha value is -3.97. The number of ether oxygens (including phenoxy) is 1. The first-order valence-electron chi connectivity index (χ1n) is 7.97. The van der Waals surface area contributed by atoms with Gasteiger partial charge in [-0.05, 0) is 46.8 Å². The van der Waals surface area contributed by atoms with E-state index in [0.717, 1.165) is 6.07 Å². The first-order chi connectivity index (χ1) is 14.3. The van der Waals surface area contributed by atoms with Crippen molar-refractivity contribution in [2.75, 3.05) is 7.11 Å². The summed E-state index contributed by atoms with van der Waals surface area (Å²) < 4.78 is 67.9. The minimum absolute atomic E-state index is 0.0227. The Morgan fingerprint density at radius 1 is 0.800 bits per heavy atom. The molecule has 0 atom stereocenters. The molecule has 0 saturated heterocycles. The van der Waals surface area contributed by atoms with Crippen LogP contribution in [0.1, 0.15) is 5.56 Å². The fraction of sp³-hybridized carbons (Fsp3) is 0.125. The fourth-order valence-electron chi connectivity index (χ4n) is 2.25. The number of hydrogen-bond donors (Lipinski definition) is 2. The van der Waals surface area contributed by atoms with Crippen molar-refractivity contribution in [2.45, 2.75) is 6.18 Å². The molecule has 30 heavy (non-hydrogen) atoms. The number of nitrogens with zero attached hydrogens (tertiary/aromatic N) is 6. The van der Waals surface area contributed by atoms with Gasteiger partial charge in [0.2, 0.25) is 11.6 Å². The normalized spacial score (nSPS) is 11.0. The summed E-state index contributed by atoms with van der Waals surface area (Å²) in [6.07, 6.45) is -4.75. The van der Waals surface area contributed by atoms with E-state index in [1.54, 1.807) is 6.07 Å². The van der Waals surface area contributed by atoms with Gasteiger partial charge in [0, 0.05) is 11.1 Å². The molecule has 4 aromatic rings. The zero-order valence-corrected chi connectivity index (χ0v) is 14.9. The van der Waals surface area contributed by atoms with Gasteiger partial charge in [-0.3, -0.25) is 0 Å². The molecule has 0 unspecified atom stereocenters. The van der Waals surface area contributed by atoms with Gasteiger partial charge >= 0.3 is 6.18 Å². The van der Waals surface area contributed by atoms with Crippen molar-refractivity contribution >= 4 is 0 Å². The summed E-state index contributed by atoms with van der Waals surface area (Å²) in [6.45, 7) is 0. The van der Waals surface area contributed by atoms with Gasteiger partial charge in [0.05, 0.1) is 12.7 Å². The molecule has 0 bridgehead atoms. The molecule has 0 aliphatic heterocycles. The number of aromatic amines is 2. The van der Waals surface area contributed by atoms with Gasteiger partial charge in [0.25, 0.3) is 0 Å². The van der Waals surface area contributed by atoms with Crippen LogP contribution in [-0.4, -0.2) is 48.4 Å². The molecule has 0 aliphatic rings. The Morgan fingerprint density at radius 2 is 1.33 bits per heavy atom. The number of alkyl halides is 3. The number of aromatic nitrogens is 8. The van der Waals surface area contributed by atoms with Gasteiger partial charge in [-0.1, -0.05) is 0 Å². The van der Waals surface area contributed by atoms with E-state index in [2.05, 4.69) is 41.2 Å². The summed E-state index contributed by atoms with van der Waals surface area (Å²) in [6, 6.07) is 6.87. The van der Waals surface area contributed by atoms with Crippen LogP contribution in [0.5, 0.6) is 5.75 Å². The van der Waals surface area contributed by atoms with Crippen molar-refractivity contribution in [2.24, 2.45) is 0 Å². The molecule has 0 saturated carbocycles. The number of benzene rings is 2. The quantitative estimate of drug-likeness (QED) is 0.484. The molecule has 0 fully saturated rings. The van der Waals surface area contributed by atoms with Crippen LogP contribution in [0.4, 0.5) is 22.0 Å². The second-order valence-corrected chi connectivity index (χ2v) is 5.51. The van der Waals surface area contributed by atoms with E-state index in [4.69, 9.17) is 4.74 Å². The number of tetrazole rings is 2. The highest BCUT2D eigenvalue weighted by Crippen LogP contribution is 2.33. The molecule has 14 heteroatoms. The number of halogens is 5. The summed E-state index contributed by atoms with van der Waals surface area (Å²) in [4.78, 5) is 0. The second kappa shape index (κ2) is 8.59. The lowest BCUT2D eigenvalue weighted by atomic mass is 10.1. The van der Waals surface area contributed by atoms with Crippen molar-refractivity contribution in [1.82, 2.24) is 41.2 Å². The number of hydrogen-bond acceptors (Lipinski definition) is 7. The van der Waals surface area contributed by atoms with Gasteiger partial charge < -0.3 is 4.74 Å². The smallest absolute Gasteiger partial charge is 0.419 e. The standard InChI is InChI=1S/C8H4F4N4.C8H7FN4O/c9-6-2-1-4(7-13-15-16-14-7)3-5(6)8(10,11)12;1-14-7-4-5(2-3-6(7)9)8-10-12-13-11-8/h1-3H,(H,13,14,15,16);2-4H,1H3,(H,10,11,12,13). The van der Waals surface area contributed by atoms with Crippen molar-refractivity contribution in [1.29, 1.82) is 0 Å². The lowest BCUT2D eigenvalue weighted by Gasteiger charge is -2.08. The van der Waals surface area contributed by atoms with E-state index in [1.165, 1.54) is 19.2 Å². The van der Waals surface area contributed by atoms with Crippen molar-refractivity contribution in [3.63, 3.8) is 0 Å². The second-order valence-electron chi connectivity index (χ2n) is 5.51. The highest BCUT2D eigenvalue weighted by atomic mass is 19.4. The van der Waals surface area contributed by atoms with Gasteiger partial charge in [-0.2, -0.15) is 23.6 Å². The molecular weight excluding hydrogens is 415 g/mol. The van der Waals surface area contributed by atoms with Crippen LogP contribution < -0.4 is 4.74 Å². The van der Waals surface area contributed by atoms with Crippen LogP contribution in [0.25, 0.3) is 22.8 Å². The predicted octanol–water partition coefficient (Wildman–Crippen LogP) is 3.04. The van der Waals surface area contributed by atoms with E-state index in [1.807, 2.05) is 0 Å². The molecule has 4 rings (SSSR count). The zero-order valence-electron chi connectivity index (χ0n) is 14.9. The van der Waals surface area contributed by atoms with E-state index < -0.39 is 23.4 Å². The van der Waals surface area contributed by atoms with Crippen LogP contribution >= 0.6 is 0 Å². The van der Waals surface area contributed by atoms with Crippen molar-refractivity contribution < 1.29 is 26.7 Å². The van der Waals surface area contributed by atoms with Gasteiger partial charge in [-0.25, -0.2) is 8.78 Å². The molecule has 0 spiro atoms. The molecule has 156 valence electrons. The topological polar surface area (TPSA) is 118 Å². The molecule has 9 nitrogen and oxygen atoms in total. The maximum absolute atomic E-state index is 13.0. The molecule has 2 aromatic carbocycles. The first kappa shape index (κ1) is 20.8. The Balaban J connectivity index is 0.000000172. The minimum atomic E-state index is -4.75. The molecule has 2 N–H and O–H groups in total. The summed E-state index contributed by atoms with van der Waals surface area (Å²) in [5.41, 5.74) is -0.658. The van der Waals surface area contributed by atoms with Gasteiger partial charge in [0.1, 0.15) is 5.82 Å². The monoisotopic (exact) mass is 426 g/mol. The van der Waals surface area contributed by atoms with E-state index in [9.17, 15) is 22.0 Å². The Bertz CT molecular complexity index is 1100. The van der Waals surface area contributed by atoms with Crippen LogP contribution in [0, 0.1) is 11.6 Å².